The van der Waals surface area contributed by atoms with Crippen molar-refractivity contribution in [3.63, 3.8) is 0 Å². The Hall–Kier alpha value is -1.38. The number of H-pyrrole nitrogens is 1. The lowest BCUT2D eigenvalue weighted by Gasteiger charge is -2.10. The fourth-order valence-electron chi connectivity index (χ4n) is 1.65. The number of aromatic amines is 1. The van der Waals surface area contributed by atoms with E-state index in [0.29, 0.717) is 16.9 Å². The number of anilines is 1. The third-order valence-electron chi connectivity index (χ3n) is 2.76. The maximum absolute atomic E-state index is 13.3. The van der Waals surface area contributed by atoms with Crippen LogP contribution in [0.25, 0.3) is 0 Å². The molecule has 0 atom stereocenters. The van der Waals surface area contributed by atoms with Crippen molar-refractivity contribution in [2.24, 2.45) is 5.73 Å². The summed E-state index contributed by atoms with van der Waals surface area (Å²) in [5.41, 5.74) is 6.84. The van der Waals surface area contributed by atoms with E-state index in [9.17, 15) is 12.8 Å². The van der Waals surface area contributed by atoms with Crippen LogP contribution in [0.15, 0.2) is 33.8 Å². The van der Waals surface area contributed by atoms with Gasteiger partial charge in [0.05, 0.1) is 10.2 Å². The van der Waals surface area contributed by atoms with Crippen LogP contribution in [0.4, 0.5) is 10.1 Å². The average Bonchev–Trinajstić information content (AvgIpc) is 2.85. The van der Waals surface area contributed by atoms with Crippen LogP contribution in [-0.2, 0) is 16.6 Å². The summed E-state index contributed by atoms with van der Waals surface area (Å²) in [6, 6.07) is 4.10. The molecule has 1 aromatic heterocycles. The van der Waals surface area contributed by atoms with Crippen LogP contribution in [-0.4, -0.2) is 13.4 Å². The van der Waals surface area contributed by atoms with Gasteiger partial charge < -0.3 is 10.7 Å². The molecule has 1 heterocycles. The Bertz CT molecular complexity index is 743. The van der Waals surface area contributed by atoms with Crippen LogP contribution >= 0.6 is 15.9 Å². The Kier molecular flexibility index (Phi) is 4.17. The van der Waals surface area contributed by atoms with Crippen molar-refractivity contribution >= 4 is 31.6 Å². The number of benzene rings is 1. The molecule has 0 unspecified atom stereocenters. The summed E-state index contributed by atoms with van der Waals surface area (Å²) in [4.78, 5) is 2.85. The van der Waals surface area contributed by atoms with Crippen molar-refractivity contribution in [2.75, 3.05) is 4.72 Å². The molecule has 108 valence electrons. The highest BCUT2D eigenvalue weighted by molar-refractivity contribution is 9.10. The van der Waals surface area contributed by atoms with Crippen molar-refractivity contribution in [3.05, 3.63) is 45.9 Å². The van der Waals surface area contributed by atoms with Crippen LogP contribution in [0.1, 0.15) is 11.3 Å². The summed E-state index contributed by atoms with van der Waals surface area (Å²) in [6.45, 7) is 1.84. The molecule has 8 heteroatoms. The zero-order chi connectivity index (χ0) is 14.9. The molecular weight excluding hydrogens is 349 g/mol. The van der Waals surface area contributed by atoms with Gasteiger partial charge in [0.15, 0.2) is 0 Å². The molecule has 0 bridgehead atoms. The normalized spacial score (nSPS) is 11.6. The predicted molar refractivity (Wildman–Crippen MR) is 78.3 cm³/mol. The Labute approximate surface area is 124 Å². The van der Waals surface area contributed by atoms with Gasteiger partial charge in [0, 0.05) is 18.4 Å². The van der Waals surface area contributed by atoms with Crippen molar-refractivity contribution in [1.29, 1.82) is 0 Å². The first kappa shape index (κ1) is 15.0. The molecule has 2 aromatic rings. The second-order valence-corrected chi connectivity index (χ2v) is 6.79. The van der Waals surface area contributed by atoms with Crippen LogP contribution < -0.4 is 10.5 Å². The zero-order valence-electron chi connectivity index (χ0n) is 10.6. The molecule has 4 N–H and O–H groups in total. The predicted octanol–water partition coefficient (Wildman–Crippen LogP) is 2.48. The first-order valence-corrected chi connectivity index (χ1v) is 7.97. The first-order chi connectivity index (χ1) is 9.33. The van der Waals surface area contributed by atoms with E-state index < -0.39 is 15.8 Å². The molecule has 0 amide bonds. The quantitative estimate of drug-likeness (QED) is 0.781. The lowest BCUT2D eigenvalue weighted by Crippen LogP contribution is -2.13. The van der Waals surface area contributed by atoms with Gasteiger partial charge in [-0.05, 0) is 46.6 Å². The van der Waals surface area contributed by atoms with E-state index in [1.54, 1.807) is 6.92 Å². The fraction of sp³-hybridized carbons (Fsp3) is 0.167. The van der Waals surface area contributed by atoms with Crippen LogP contribution in [0.5, 0.6) is 0 Å². The van der Waals surface area contributed by atoms with Gasteiger partial charge in [0.25, 0.3) is 10.0 Å². The van der Waals surface area contributed by atoms with E-state index in [4.69, 9.17) is 5.73 Å². The van der Waals surface area contributed by atoms with Gasteiger partial charge >= 0.3 is 0 Å². The molecular formula is C12H13BrFN3O2S. The number of halogens is 2. The van der Waals surface area contributed by atoms with Gasteiger partial charge in [-0.25, -0.2) is 12.8 Å². The topological polar surface area (TPSA) is 88.0 Å². The van der Waals surface area contributed by atoms with Gasteiger partial charge in [0.2, 0.25) is 0 Å². The van der Waals surface area contributed by atoms with Crippen LogP contribution in [0.2, 0.25) is 0 Å². The van der Waals surface area contributed by atoms with Crippen LogP contribution in [0, 0.1) is 12.7 Å². The highest BCUT2D eigenvalue weighted by atomic mass is 79.9. The Balaban J connectivity index is 2.35. The molecule has 2 rings (SSSR count). The van der Waals surface area contributed by atoms with Gasteiger partial charge in [0.1, 0.15) is 10.7 Å². The standard InChI is InChI=1S/C12H13BrFN3O2S/c1-7-2-11(14)10(13)4-12(7)17-20(18,19)9-3-8(5-15)16-6-9/h2-4,6,16-17H,5,15H2,1H3. The van der Waals surface area contributed by atoms with Gasteiger partial charge in [-0.3, -0.25) is 4.72 Å². The molecule has 1 aromatic carbocycles. The number of nitrogens with one attached hydrogen (secondary N) is 2. The van der Waals surface area contributed by atoms with Crippen molar-refractivity contribution < 1.29 is 12.8 Å². The average molecular weight is 362 g/mol. The highest BCUT2D eigenvalue weighted by Crippen LogP contribution is 2.26. The van der Waals surface area contributed by atoms with Crippen LogP contribution in [0.3, 0.4) is 0 Å². The number of nitrogens with two attached hydrogens (primary N) is 1. The van der Waals surface area contributed by atoms with E-state index in [2.05, 4.69) is 25.6 Å². The smallest absolute Gasteiger partial charge is 0.263 e. The Morgan fingerprint density at radius 2 is 2.10 bits per heavy atom. The summed E-state index contributed by atoms with van der Waals surface area (Å²) >= 11 is 3.03. The second-order valence-electron chi connectivity index (χ2n) is 4.25. The summed E-state index contributed by atoms with van der Waals surface area (Å²) in [6.07, 6.45) is 1.36. The molecule has 20 heavy (non-hydrogen) atoms. The fourth-order valence-corrected chi connectivity index (χ4v) is 3.13. The van der Waals surface area contributed by atoms with Gasteiger partial charge in [-0.15, -0.1) is 0 Å². The summed E-state index contributed by atoms with van der Waals surface area (Å²) < 4.78 is 40.3. The lowest BCUT2D eigenvalue weighted by atomic mass is 10.2. The monoisotopic (exact) mass is 361 g/mol. The molecule has 0 saturated heterocycles. The SMILES string of the molecule is Cc1cc(F)c(Br)cc1NS(=O)(=O)c1c[nH]c(CN)c1. The highest BCUT2D eigenvalue weighted by Gasteiger charge is 2.18. The lowest BCUT2D eigenvalue weighted by molar-refractivity contribution is 0.601. The molecule has 0 spiro atoms. The number of sulfonamides is 1. The minimum absolute atomic E-state index is 0.0813. The van der Waals surface area contributed by atoms with Crippen molar-refractivity contribution in [2.45, 2.75) is 18.4 Å². The number of rotatable bonds is 4. The zero-order valence-corrected chi connectivity index (χ0v) is 13.0. The first-order valence-electron chi connectivity index (χ1n) is 5.69. The third kappa shape index (κ3) is 3.02. The minimum Gasteiger partial charge on any atom is -0.363 e. The van der Waals surface area contributed by atoms with Crippen molar-refractivity contribution in [1.82, 2.24) is 4.98 Å². The Morgan fingerprint density at radius 3 is 2.70 bits per heavy atom. The van der Waals surface area contributed by atoms with E-state index in [-0.39, 0.29) is 15.9 Å². The van der Waals surface area contributed by atoms with Gasteiger partial charge in [-0.2, -0.15) is 0 Å². The molecule has 0 radical (unpaired) electrons. The molecule has 0 aliphatic carbocycles. The minimum atomic E-state index is -3.73. The largest absolute Gasteiger partial charge is 0.363 e. The third-order valence-corrected chi connectivity index (χ3v) is 4.71. The van der Waals surface area contributed by atoms with E-state index in [0.717, 1.165) is 0 Å². The molecule has 0 saturated carbocycles. The number of hydrogen-bond donors (Lipinski definition) is 3. The maximum Gasteiger partial charge on any atom is 0.263 e. The number of hydrogen-bond acceptors (Lipinski definition) is 3. The van der Waals surface area contributed by atoms with Gasteiger partial charge in [-0.1, -0.05) is 0 Å². The summed E-state index contributed by atoms with van der Waals surface area (Å²) in [7, 11) is -3.73. The number of aromatic nitrogens is 1. The number of aryl methyl sites for hydroxylation is 1. The van der Waals surface area contributed by atoms with E-state index in [1.807, 2.05) is 0 Å². The van der Waals surface area contributed by atoms with E-state index >= 15 is 0 Å². The summed E-state index contributed by atoms with van der Waals surface area (Å²) in [5, 5.41) is 0. The Morgan fingerprint density at radius 1 is 1.40 bits per heavy atom. The van der Waals surface area contributed by atoms with E-state index in [1.165, 1.54) is 24.4 Å². The maximum atomic E-state index is 13.3. The molecule has 0 aliphatic heterocycles. The molecule has 5 nitrogen and oxygen atoms in total. The molecule has 0 aliphatic rings. The molecule has 0 fully saturated rings. The second kappa shape index (κ2) is 5.55. The van der Waals surface area contributed by atoms with Crippen molar-refractivity contribution in [3.8, 4) is 0 Å². The summed E-state index contributed by atoms with van der Waals surface area (Å²) in [5.74, 6) is -0.447.